The highest BCUT2D eigenvalue weighted by Crippen LogP contribution is 1.99. The van der Waals surface area contributed by atoms with Crippen molar-refractivity contribution < 1.29 is 0 Å². The van der Waals surface area contributed by atoms with Crippen LogP contribution in [-0.4, -0.2) is 0 Å². The number of hydrogen-bond acceptors (Lipinski definition) is 0. The summed E-state index contributed by atoms with van der Waals surface area (Å²) < 4.78 is 0. The minimum Gasteiger partial charge on any atom is -0.0845 e. The summed E-state index contributed by atoms with van der Waals surface area (Å²) in [5.74, 6) is 0. The Hall–Kier alpha value is -1.04. The Bertz CT molecular complexity index is 170. The molecule has 0 heteroatoms. The summed E-state index contributed by atoms with van der Waals surface area (Å²) in [4.78, 5) is 0. The first-order valence-corrected chi connectivity index (χ1v) is 4.15. The van der Waals surface area contributed by atoms with Gasteiger partial charge in [-0.2, -0.15) is 0 Å². The van der Waals surface area contributed by atoms with E-state index in [1.807, 2.05) is 12.2 Å². The molecule has 0 radical (unpaired) electrons. The zero-order valence-electron chi connectivity index (χ0n) is 6.74. The molecule has 0 fully saturated rings. The maximum Gasteiger partial charge on any atom is -0.0345 e. The predicted octanol–water partition coefficient (Wildman–Crippen LogP) is 3.40. The van der Waals surface area contributed by atoms with Gasteiger partial charge in [0.2, 0.25) is 0 Å². The van der Waals surface area contributed by atoms with Crippen LogP contribution in [0.25, 0.3) is 0 Å². The largest absolute Gasteiger partial charge is 0.0845 e. The maximum absolute atomic E-state index is 2.21. The fourth-order valence-electron chi connectivity index (χ4n) is 0.960. The van der Waals surface area contributed by atoms with Crippen molar-refractivity contribution in [1.82, 2.24) is 0 Å². The molecule has 1 rings (SSSR count). The van der Waals surface area contributed by atoms with Gasteiger partial charge < -0.3 is 0 Å². The van der Waals surface area contributed by atoms with Crippen LogP contribution in [0, 0.1) is 0 Å². The van der Waals surface area contributed by atoms with Gasteiger partial charge in [-0.15, -0.1) is 0 Å². The SMILES string of the molecule is C1=CCCC\C=C/C=C\C=C\1. The molecule has 11 heavy (non-hydrogen) atoms. The van der Waals surface area contributed by atoms with Crippen molar-refractivity contribution in [2.45, 2.75) is 19.3 Å². The van der Waals surface area contributed by atoms with Crippen LogP contribution in [0.2, 0.25) is 0 Å². The lowest BCUT2D eigenvalue weighted by molar-refractivity contribution is 0.868. The smallest absolute Gasteiger partial charge is 0.0345 e. The minimum absolute atomic E-state index is 1.19. The van der Waals surface area contributed by atoms with E-state index in [1.165, 1.54) is 19.3 Å². The van der Waals surface area contributed by atoms with E-state index < -0.39 is 0 Å². The van der Waals surface area contributed by atoms with E-state index in [0.717, 1.165) is 0 Å². The molecule has 0 aliphatic heterocycles. The lowest BCUT2D eigenvalue weighted by Crippen LogP contribution is -1.67. The van der Waals surface area contributed by atoms with Crippen molar-refractivity contribution in [2.24, 2.45) is 0 Å². The zero-order valence-corrected chi connectivity index (χ0v) is 6.74. The van der Waals surface area contributed by atoms with Gasteiger partial charge in [0.1, 0.15) is 0 Å². The Morgan fingerprint density at radius 2 is 1.00 bits per heavy atom. The number of allylic oxidation sites excluding steroid dienone is 8. The monoisotopic (exact) mass is 146 g/mol. The predicted molar refractivity (Wildman–Crippen MR) is 50.4 cm³/mol. The molecule has 0 bridgehead atoms. The van der Waals surface area contributed by atoms with Gasteiger partial charge in [0.05, 0.1) is 0 Å². The van der Waals surface area contributed by atoms with Crippen LogP contribution in [0.3, 0.4) is 0 Å². The molecule has 58 valence electrons. The molecular formula is C11H14. The Balaban J connectivity index is 2.47. The van der Waals surface area contributed by atoms with Crippen molar-refractivity contribution in [3.8, 4) is 0 Å². The fraction of sp³-hybridized carbons (Fsp3) is 0.273. The lowest BCUT2D eigenvalue weighted by Gasteiger charge is -1.87. The normalized spacial score (nSPS) is 26.9. The third-order valence-electron chi connectivity index (χ3n) is 1.57. The molecule has 0 aromatic carbocycles. The number of hydrogen-bond donors (Lipinski definition) is 0. The lowest BCUT2D eigenvalue weighted by atomic mass is 10.2. The van der Waals surface area contributed by atoms with Crippen molar-refractivity contribution >= 4 is 0 Å². The van der Waals surface area contributed by atoms with Crippen molar-refractivity contribution in [1.29, 1.82) is 0 Å². The van der Waals surface area contributed by atoms with E-state index in [-0.39, 0.29) is 0 Å². The zero-order chi connectivity index (χ0) is 7.78. The van der Waals surface area contributed by atoms with Crippen LogP contribution in [0.4, 0.5) is 0 Å². The molecule has 0 N–H and O–H groups in total. The average molecular weight is 146 g/mol. The van der Waals surface area contributed by atoms with Crippen LogP contribution in [-0.2, 0) is 0 Å². The summed E-state index contributed by atoms with van der Waals surface area (Å²) in [5, 5.41) is 0. The second-order valence-electron chi connectivity index (χ2n) is 2.56. The van der Waals surface area contributed by atoms with E-state index >= 15 is 0 Å². The average Bonchev–Trinajstić information content (AvgIpc) is 2.08. The summed E-state index contributed by atoms with van der Waals surface area (Å²) in [6, 6.07) is 0. The summed E-state index contributed by atoms with van der Waals surface area (Å²) in [5.41, 5.74) is 0. The maximum atomic E-state index is 2.21. The quantitative estimate of drug-likeness (QED) is 0.491. The molecule has 0 saturated carbocycles. The molecule has 1 aliphatic rings. The highest BCUT2D eigenvalue weighted by Gasteiger charge is 1.79. The topological polar surface area (TPSA) is 0 Å². The van der Waals surface area contributed by atoms with Crippen LogP contribution in [0.1, 0.15) is 19.3 Å². The first-order valence-electron chi connectivity index (χ1n) is 4.15. The molecule has 0 atom stereocenters. The standard InChI is InChI=1S/C11H14/c1-2-4-6-8-10-11-9-7-5-3-1/h1-8H,9-11H2/b3-1-,4-2+,7-5-,8-6?. The molecular weight excluding hydrogens is 132 g/mol. The van der Waals surface area contributed by atoms with Gasteiger partial charge >= 0.3 is 0 Å². The van der Waals surface area contributed by atoms with Crippen LogP contribution < -0.4 is 0 Å². The van der Waals surface area contributed by atoms with Crippen LogP contribution in [0.15, 0.2) is 48.6 Å². The third kappa shape index (κ3) is 4.38. The van der Waals surface area contributed by atoms with Gasteiger partial charge in [-0.1, -0.05) is 48.6 Å². The van der Waals surface area contributed by atoms with Gasteiger partial charge in [0.15, 0.2) is 0 Å². The van der Waals surface area contributed by atoms with Crippen LogP contribution in [0.5, 0.6) is 0 Å². The minimum atomic E-state index is 1.19. The highest BCUT2D eigenvalue weighted by molar-refractivity contribution is 5.15. The third-order valence-corrected chi connectivity index (χ3v) is 1.57. The summed E-state index contributed by atoms with van der Waals surface area (Å²) in [7, 11) is 0. The highest BCUT2D eigenvalue weighted by atomic mass is 13.9. The van der Waals surface area contributed by atoms with E-state index in [2.05, 4.69) is 36.5 Å². The molecule has 1 aliphatic carbocycles. The Morgan fingerprint density at radius 3 is 1.55 bits per heavy atom. The summed E-state index contributed by atoms with van der Waals surface area (Å²) in [6.07, 6.45) is 20.5. The molecule has 0 unspecified atom stereocenters. The van der Waals surface area contributed by atoms with Gasteiger partial charge in [0, 0.05) is 0 Å². The first kappa shape index (κ1) is 8.06. The molecule has 0 nitrogen and oxygen atoms in total. The summed E-state index contributed by atoms with van der Waals surface area (Å²) >= 11 is 0. The molecule has 0 amide bonds. The molecule has 0 heterocycles. The fourth-order valence-corrected chi connectivity index (χ4v) is 0.960. The second kappa shape index (κ2) is 5.72. The van der Waals surface area contributed by atoms with E-state index in [0.29, 0.717) is 0 Å². The van der Waals surface area contributed by atoms with Gasteiger partial charge in [-0.3, -0.25) is 0 Å². The van der Waals surface area contributed by atoms with Gasteiger partial charge in [0.25, 0.3) is 0 Å². The molecule has 0 aromatic heterocycles. The van der Waals surface area contributed by atoms with Crippen molar-refractivity contribution in [3.63, 3.8) is 0 Å². The molecule has 0 aromatic rings. The van der Waals surface area contributed by atoms with Crippen molar-refractivity contribution in [3.05, 3.63) is 48.6 Å². The molecule has 0 saturated heterocycles. The van der Waals surface area contributed by atoms with Crippen LogP contribution >= 0.6 is 0 Å². The van der Waals surface area contributed by atoms with Crippen molar-refractivity contribution in [2.75, 3.05) is 0 Å². The van der Waals surface area contributed by atoms with E-state index in [9.17, 15) is 0 Å². The van der Waals surface area contributed by atoms with E-state index in [1.54, 1.807) is 0 Å². The Kier molecular flexibility index (Phi) is 4.19. The first-order chi connectivity index (χ1) is 5.50. The molecule has 0 spiro atoms. The van der Waals surface area contributed by atoms with Gasteiger partial charge in [-0.25, -0.2) is 0 Å². The summed E-state index contributed by atoms with van der Waals surface area (Å²) in [6.45, 7) is 0. The second-order valence-corrected chi connectivity index (χ2v) is 2.56. The van der Waals surface area contributed by atoms with Gasteiger partial charge in [-0.05, 0) is 19.3 Å². The number of rotatable bonds is 0. The van der Waals surface area contributed by atoms with E-state index in [4.69, 9.17) is 0 Å². The Labute approximate surface area is 68.6 Å². The Morgan fingerprint density at radius 1 is 0.545 bits per heavy atom.